The van der Waals surface area contributed by atoms with Gasteiger partial charge in [0, 0.05) is 24.0 Å². The summed E-state index contributed by atoms with van der Waals surface area (Å²) in [6.45, 7) is 0. The predicted octanol–water partition coefficient (Wildman–Crippen LogP) is 1.65. The predicted molar refractivity (Wildman–Crippen MR) is 50.3 cm³/mol. The van der Waals surface area contributed by atoms with Gasteiger partial charge >= 0.3 is 0 Å². The third-order valence-electron chi connectivity index (χ3n) is 2.60. The van der Waals surface area contributed by atoms with E-state index in [2.05, 4.69) is 4.98 Å². The molecule has 1 aliphatic carbocycles. The molecule has 0 saturated heterocycles. The van der Waals surface area contributed by atoms with Crippen LogP contribution in [0.4, 0.5) is 5.69 Å². The largest absolute Gasteiger partial charge is 0.398 e. The Hall–Kier alpha value is -1.38. The van der Waals surface area contributed by atoms with E-state index in [0.29, 0.717) is 11.3 Å². The summed E-state index contributed by atoms with van der Waals surface area (Å²) in [5.41, 5.74) is 6.82. The number of ketones is 1. The van der Waals surface area contributed by atoms with Crippen LogP contribution in [0.15, 0.2) is 18.5 Å². The van der Waals surface area contributed by atoms with E-state index in [9.17, 15) is 4.79 Å². The molecule has 0 aromatic carbocycles. The third kappa shape index (κ3) is 1.41. The van der Waals surface area contributed by atoms with E-state index < -0.39 is 0 Å². The summed E-state index contributed by atoms with van der Waals surface area (Å²) >= 11 is 0. The summed E-state index contributed by atoms with van der Waals surface area (Å²) < 4.78 is 0. The summed E-state index contributed by atoms with van der Waals surface area (Å²) in [6.07, 6.45) is 6.35. The number of hydrogen-bond donors (Lipinski definition) is 1. The molecule has 1 saturated carbocycles. The van der Waals surface area contributed by atoms with Crippen molar-refractivity contribution in [1.82, 2.24) is 4.98 Å². The first-order valence-corrected chi connectivity index (χ1v) is 4.53. The number of nitrogens with two attached hydrogens (primary N) is 1. The number of nitrogen functional groups attached to an aromatic ring is 1. The molecule has 2 N–H and O–H groups in total. The van der Waals surface area contributed by atoms with Crippen molar-refractivity contribution < 1.29 is 4.79 Å². The number of nitrogens with zero attached hydrogens (tertiary/aromatic N) is 1. The zero-order valence-corrected chi connectivity index (χ0v) is 7.36. The fourth-order valence-corrected chi connectivity index (χ4v) is 1.50. The van der Waals surface area contributed by atoms with Crippen LogP contribution in [0.3, 0.4) is 0 Å². The highest BCUT2D eigenvalue weighted by Crippen LogP contribution is 2.30. The minimum absolute atomic E-state index is 0.164. The first kappa shape index (κ1) is 8.23. The van der Waals surface area contributed by atoms with Crippen LogP contribution in [0, 0.1) is 5.92 Å². The lowest BCUT2D eigenvalue weighted by Crippen LogP contribution is -2.22. The van der Waals surface area contributed by atoms with E-state index in [-0.39, 0.29) is 11.7 Å². The highest BCUT2D eigenvalue weighted by atomic mass is 16.1. The Balaban J connectivity index is 2.24. The molecule has 2 rings (SSSR count). The molecule has 68 valence electrons. The Morgan fingerprint density at radius 1 is 1.54 bits per heavy atom. The Labute approximate surface area is 77.0 Å². The normalized spacial score (nSPS) is 16.6. The average Bonchev–Trinajstić information content (AvgIpc) is 2.01. The lowest BCUT2D eigenvalue weighted by atomic mass is 9.80. The summed E-state index contributed by atoms with van der Waals surface area (Å²) in [5.74, 6) is 0.364. The first-order chi connectivity index (χ1) is 6.29. The molecular weight excluding hydrogens is 164 g/mol. The van der Waals surface area contributed by atoms with Crippen LogP contribution in [0.1, 0.15) is 29.6 Å². The highest BCUT2D eigenvalue weighted by molar-refractivity contribution is 6.02. The van der Waals surface area contributed by atoms with Gasteiger partial charge in [-0.1, -0.05) is 6.42 Å². The van der Waals surface area contributed by atoms with Crippen LogP contribution < -0.4 is 5.73 Å². The summed E-state index contributed by atoms with van der Waals surface area (Å²) in [6, 6.07) is 1.67. The number of carbonyl (C=O) groups is 1. The van der Waals surface area contributed by atoms with Crippen LogP contribution in [-0.4, -0.2) is 10.8 Å². The molecule has 3 heteroatoms. The molecular formula is C10H12N2O. The van der Waals surface area contributed by atoms with E-state index in [1.807, 2.05) is 0 Å². The molecule has 1 aliphatic rings. The van der Waals surface area contributed by atoms with E-state index in [4.69, 9.17) is 5.73 Å². The quantitative estimate of drug-likeness (QED) is 0.697. The van der Waals surface area contributed by atoms with Crippen molar-refractivity contribution in [2.45, 2.75) is 19.3 Å². The van der Waals surface area contributed by atoms with Gasteiger partial charge in [-0.15, -0.1) is 0 Å². The van der Waals surface area contributed by atoms with Crippen LogP contribution in [0.5, 0.6) is 0 Å². The number of carbonyl (C=O) groups excluding carboxylic acids is 1. The fraction of sp³-hybridized carbons (Fsp3) is 0.400. The maximum atomic E-state index is 11.7. The van der Waals surface area contributed by atoms with Crippen molar-refractivity contribution >= 4 is 11.5 Å². The second-order valence-corrected chi connectivity index (χ2v) is 3.46. The summed E-state index contributed by atoms with van der Waals surface area (Å²) in [4.78, 5) is 15.6. The van der Waals surface area contributed by atoms with Crippen molar-refractivity contribution in [3.63, 3.8) is 0 Å². The Morgan fingerprint density at radius 2 is 2.31 bits per heavy atom. The van der Waals surface area contributed by atoms with Gasteiger partial charge in [0.15, 0.2) is 5.78 Å². The van der Waals surface area contributed by atoms with Crippen molar-refractivity contribution in [2.75, 3.05) is 5.73 Å². The lowest BCUT2D eigenvalue weighted by Gasteiger charge is -2.23. The fourth-order valence-electron chi connectivity index (χ4n) is 1.50. The van der Waals surface area contributed by atoms with Crippen LogP contribution in [0.2, 0.25) is 0 Å². The number of anilines is 1. The van der Waals surface area contributed by atoms with Crippen molar-refractivity contribution in [3.05, 3.63) is 24.0 Å². The van der Waals surface area contributed by atoms with E-state index in [0.717, 1.165) is 19.3 Å². The molecule has 1 aromatic heterocycles. The zero-order chi connectivity index (χ0) is 9.26. The molecule has 0 radical (unpaired) electrons. The van der Waals surface area contributed by atoms with Gasteiger partial charge in [0.25, 0.3) is 0 Å². The average molecular weight is 176 g/mol. The number of pyridine rings is 1. The van der Waals surface area contributed by atoms with Gasteiger partial charge in [0.1, 0.15) is 0 Å². The SMILES string of the molecule is Nc1ccncc1C(=O)C1CCC1. The van der Waals surface area contributed by atoms with Gasteiger partial charge in [-0.05, 0) is 18.9 Å². The van der Waals surface area contributed by atoms with E-state index in [1.165, 1.54) is 0 Å². The zero-order valence-electron chi connectivity index (χ0n) is 7.36. The molecule has 0 aliphatic heterocycles. The van der Waals surface area contributed by atoms with Gasteiger partial charge in [-0.2, -0.15) is 0 Å². The van der Waals surface area contributed by atoms with Crippen LogP contribution in [0.25, 0.3) is 0 Å². The molecule has 3 nitrogen and oxygen atoms in total. The van der Waals surface area contributed by atoms with E-state index >= 15 is 0 Å². The Bertz CT molecular complexity index is 331. The minimum atomic E-state index is 0.164. The van der Waals surface area contributed by atoms with Gasteiger partial charge in [0.05, 0.1) is 5.56 Å². The summed E-state index contributed by atoms with van der Waals surface area (Å²) in [7, 11) is 0. The molecule has 0 spiro atoms. The minimum Gasteiger partial charge on any atom is -0.398 e. The second kappa shape index (κ2) is 3.17. The first-order valence-electron chi connectivity index (χ1n) is 4.53. The molecule has 1 aromatic rings. The third-order valence-corrected chi connectivity index (χ3v) is 2.60. The maximum Gasteiger partial charge on any atom is 0.169 e. The Kier molecular flexibility index (Phi) is 2.00. The van der Waals surface area contributed by atoms with Gasteiger partial charge in [-0.25, -0.2) is 0 Å². The number of aromatic nitrogens is 1. The molecule has 13 heavy (non-hydrogen) atoms. The highest BCUT2D eigenvalue weighted by Gasteiger charge is 2.27. The standard InChI is InChI=1S/C10H12N2O/c11-9-4-5-12-6-8(9)10(13)7-2-1-3-7/h4-7H,1-3H2,(H2,11,12). The molecule has 0 amide bonds. The van der Waals surface area contributed by atoms with Gasteiger partial charge in [-0.3, -0.25) is 9.78 Å². The molecule has 0 bridgehead atoms. The molecule has 1 heterocycles. The number of hydrogen-bond acceptors (Lipinski definition) is 3. The summed E-state index contributed by atoms with van der Waals surface area (Å²) in [5, 5.41) is 0. The monoisotopic (exact) mass is 176 g/mol. The second-order valence-electron chi connectivity index (χ2n) is 3.46. The van der Waals surface area contributed by atoms with Crippen LogP contribution in [-0.2, 0) is 0 Å². The molecule has 0 atom stereocenters. The topological polar surface area (TPSA) is 56.0 Å². The van der Waals surface area contributed by atoms with Gasteiger partial charge < -0.3 is 5.73 Å². The molecule has 1 fully saturated rings. The van der Waals surface area contributed by atoms with Crippen molar-refractivity contribution in [3.8, 4) is 0 Å². The number of rotatable bonds is 2. The Morgan fingerprint density at radius 3 is 2.85 bits per heavy atom. The smallest absolute Gasteiger partial charge is 0.169 e. The van der Waals surface area contributed by atoms with Crippen molar-refractivity contribution in [1.29, 1.82) is 0 Å². The van der Waals surface area contributed by atoms with Crippen molar-refractivity contribution in [2.24, 2.45) is 5.92 Å². The van der Waals surface area contributed by atoms with E-state index in [1.54, 1.807) is 18.5 Å². The maximum absolute atomic E-state index is 11.7. The van der Waals surface area contributed by atoms with Crippen LogP contribution >= 0.6 is 0 Å². The van der Waals surface area contributed by atoms with Gasteiger partial charge in [0.2, 0.25) is 0 Å². The number of Topliss-reactive ketones (excluding diaryl/α,β-unsaturated/α-hetero) is 1. The lowest BCUT2D eigenvalue weighted by molar-refractivity contribution is 0.0856. The molecule has 0 unspecified atom stereocenters.